The third kappa shape index (κ3) is 3.45. The zero-order chi connectivity index (χ0) is 13.8. The van der Waals surface area contributed by atoms with Gasteiger partial charge in [0.05, 0.1) is 12.6 Å². The van der Waals surface area contributed by atoms with Crippen molar-refractivity contribution in [3.63, 3.8) is 0 Å². The standard InChI is InChI=1S/C15H18BrNO2/c1-11-7-8-17(14(11)10-18)15(19)6-5-12-3-2-4-13(16)9-12/h2-6,9,11,14,18H,7-8,10H2,1H3/b6-5+. The summed E-state index contributed by atoms with van der Waals surface area (Å²) in [5.74, 6) is 0.344. The van der Waals surface area contributed by atoms with Crippen molar-refractivity contribution < 1.29 is 9.90 Å². The zero-order valence-corrected chi connectivity index (χ0v) is 12.5. The van der Waals surface area contributed by atoms with E-state index in [1.165, 1.54) is 0 Å². The number of nitrogens with zero attached hydrogens (tertiary/aromatic N) is 1. The zero-order valence-electron chi connectivity index (χ0n) is 10.9. The molecule has 2 rings (SSSR count). The second-order valence-electron chi connectivity index (χ2n) is 4.94. The summed E-state index contributed by atoms with van der Waals surface area (Å²) in [6.45, 7) is 2.85. The number of benzene rings is 1. The van der Waals surface area contributed by atoms with Crippen molar-refractivity contribution in [1.29, 1.82) is 0 Å². The quantitative estimate of drug-likeness (QED) is 0.869. The molecule has 0 spiro atoms. The van der Waals surface area contributed by atoms with E-state index < -0.39 is 0 Å². The highest BCUT2D eigenvalue weighted by molar-refractivity contribution is 9.10. The first-order chi connectivity index (χ1) is 9.11. The van der Waals surface area contributed by atoms with Gasteiger partial charge in [0.2, 0.25) is 5.91 Å². The van der Waals surface area contributed by atoms with Gasteiger partial charge in [-0.15, -0.1) is 0 Å². The SMILES string of the molecule is CC1CCN(C(=O)/C=C/c2cccc(Br)c2)C1CO. The molecule has 3 nitrogen and oxygen atoms in total. The Labute approximate surface area is 122 Å². The van der Waals surface area contributed by atoms with Gasteiger partial charge >= 0.3 is 0 Å². The van der Waals surface area contributed by atoms with Crippen LogP contribution < -0.4 is 0 Å². The number of rotatable bonds is 3. The molecule has 0 radical (unpaired) electrons. The Morgan fingerprint density at radius 2 is 2.37 bits per heavy atom. The lowest BCUT2D eigenvalue weighted by molar-refractivity contribution is -0.127. The topological polar surface area (TPSA) is 40.5 Å². The van der Waals surface area contributed by atoms with Crippen LogP contribution in [0.15, 0.2) is 34.8 Å². The van der Waals surface area contributed by atoms with Gasteiger partial charge in [-0.1, -0.05) is 35.0 Å². The van der Waals surface area contributed by atoms with Crippen LogP contribution in [-0.2, 0) is 4.79 Å². The Kier molecular flexibility index (Phi) is 4.77. The molecule has 0 bridgehead atoms. The number of aliphatic hydroxyl groups excluding tert-OH is 1. The minimum atomic E-state index is -0.0420. The highest BCUT2D eigenvalue weighted by Gasteiger charge is 2.32. The van der Waals surface area contributed by atoms with E-state index in [1.54, 1.807) is 11.0 Å². The Hall–Kier alpha value is -1.13. The third-order valence-electron chi connectivity index (χ3n) is 3.62. The molecule has 1 aromatic carbocycles. The van der Waals surface area contributed by atoms with E-state index in [0.29, 0.717) is 5.92 Å². The summed E-state index contributed by atoms with van der Waals surface area (Å²) in [6.07, 6.45) is 4.36. The van der Waals surface area contributed by atoms with Crippen LogP contribution in [0.25, 0.3) is 6.08 Å². The molecule has 1 aliphatic heterocycles. The molecule has 19 heavy (non-hydrogen) atoms. The second-order valence-corrected chi connectivity index (χ2v) is 5.85. The molecule has 1 N–H and O–H groups in total. The maximum atomic E-state index is 12.1. The van der Waals surface area contributed by atoms with E-state index in [0.717, 1.165) is 23.0 Å². The second kappa shape index (κ2) is 6.35. The molecule has 1 heterocycles. The van der Waals surface area contributed by atoms with Gasteiger partial charge in [-0.25, -0.2) is 0 Å². The van der Waals surface area contributed by atoms with Crippen LogP contribution in [0, 0.1) is 5.92 Å². The molecule has 4 heteroatoms. The molecule has 0 saturated carbocycles. The van der Waals surface area contributed by atoms with Crippen molar-refractivity contribution in [2.24, 2.45) is 5.92 Å². The van der Waals surface area contributed by atoms with Crippen LogP contribution in [0.3, 0.4) is 0 Å². The third-order valence-corrected chi connectivity index (χ3v) is 4.11. The average molecular weight is 324 g/mol. The predicted octanol–water partition coefficient (Wildman–Crippen LogP) is 2.69. The van der Waals surface area contributed by atoms with Crippen LogP contribution in [0.4, 0.5) is 0 Å². The van der Waals surface area contributed by atoms with E-state index in [4.69, 9.17) is 0 Å². The van der Waals surface area contributed by atoms with Crippen LogP contribution >= 0.6 is 15.9 Å². The van der Waals surface area contributed by atoms with Gasteiger partial charge in [-0.3, -0.25) is 4.79 Å². The summed E-state index contributed by atoms with van der Waals surface area (Å²) in [5.41, 5.74) is 0.982. The molecule has 0 aromatic heterocycles. The Balaban J connectivity index is 2.05. The fraction of sp³-hybridized carbons (Fsp3) is 0.400. The monoisotopic (exact) mass is 323 g/mol. The fourth-order valence-electron chi connectivity index (χ4n) is 2.43. The predicted molar refractivity (Wildman–Crippen MR) is 79.5 cm³/mol. The van der Waals surface area contributed by atoms with E-state index in [9.17, 15) is 9.90 Å². The smallest absolute Gasteiger partial charge is 0.246 e. The van der Waals surface area contributed by atoms with Crippen LogP contribution in [0.5, 0.6) is 0 Å². The van der Waals surface area contributed by atoms with E-state index >= 15 is 0 Å². The Morgan fingerprint density at radius 3 is 3.05 bits per heavy atom. The first-order valence-corrected chi connectivity index (χ1v) is 7.26. The summed E-state index contributed by atoms with van der Waals surface area (Å²) in [6, 6.07) is 7.75. The van der Waals surface area contributed by atoms with Gasteiger partial charge in [0.15, 0.2) is 0 Å². The first-order valence-electron chi connectivity index (χ1n) is 6.47. The maximum absolute atomic E-state index is 12.1. The lowest BCUT2D eigenvalue weighted by Crippen LogP contribution is -2.38. The molecule has 2 unspecified atom stereocenters. The largest absolute Gasteiger partial charge is 0.394 e. The molecule has 1 aliphatic rings. The molecule has 1 aromatic rings. The van der Waals surface area contributed by atoms with Crippen LogP contribution in [0.2, 0.25) is 0 Å². The summed E-state index contributed by atoms with van der Waals surface area (Å²) in [4.78, 5) is 13.9. The first kappa shape index (κ1) is 14.3. The van der Waals surface area contributed by atoms with Crippen LogP contribution in [0.1, 0.15) is 18.9 Å². The van der Waals surface area contributed by atoms with E-state index in [-0.39, 0.29) is 18.6 Å². The highest BCUT2D eigenvalue weighted by atomic mass is 79.9. The van der Waals surface area contributed by atoms with Crippen molar-refractivity contribution in [3.8, 4) is 0 Å². The van der Waals surface area contributed by atoms with Gasteiger partial charge in [-0.2, -0.15) is 0 Å². The minimum absolute atomic E-state index is 0.0247. The molecule has 1 amide bonds. The Bertz CT molecular complexity index is 487. The molecular formula is C15H18BrNO2. The molecule has 102 valence electrons. The van der Waals surface area contributed by atoms with Crippen molar-refractivity contribution in [3.05, 3.63) is 40.4 Å². The number of carbonyl (C=O) groups is 1. The summed E-state index contributed by atoms with van der Waals surface area (Å²) >= 11 is 3.40. The van der Waals surface area contributed by atoms with Gasteiger partial charge < -0.3 is 10.0 Å². The summed E-state index contributed by atoms with van der Waals surface area (Å²) < 4.78 is 0.991. The fourth-order valence-corrected chi connectivity index (χ4v) is 2.85. The summed E-state index contributed by atoms with van der Waals surface area (Å²) in [5, 5.41) is 9.35. The lowest BCUT2D eigenvalue weighted by atomic mass is 10.0. The van der Waals surface area contributed by atoms with E-state index in [2.05, 4.69) is 22.9 Å². The number of carbonyl (C=O) groups excluding carboxylic acids is 1. The number of aliphatic hydroxyl groups is 1. The summed E-state index contributed by atoms with van der Waals surface area (Å²) in [7, 11) is 0. The van der Waals surface area contributed by atoms with Crippen molar-refractivity contribution >= 4 is 27.9 Å². The molecular weight excluding hydrogens is 306 g/mol. The Morgan fingerprint density at radius 1 is 1.58 bits per heavy atom. The minimum Gasteiger partial charge on any atom is -0.394 e. The molecule has 1 fully saturated rings. The number of halogens is 1. The van der Waals surface area contributed by atoms with Crippen molar-refractivity contribution in [2.45, 2.75) is 19.4 Å². The average Bonchev–Trinajstić information content (AvgIpc) is 2.77. The van der Waals surface area contributed by atoms with Crippen LogP contribution in [-0.4, -0.2) is 35.1 Å². The van der Waals surface area contributed by atoms with Gasteiger partial charge in [-0.05, 0) is 36.1 Å². The maximum Gasteiger partial charge on any atom is 0.246 e. The molecule has 2 atom stereocenters. The van der Waals surface area contributed by atoms with Gasteiger partial charge in [0.25, 0.3) is 0 Å². The van der Waals surface area contributed by atoms with Crippen molar-refractivity contribution in [2.75, 3.05) is 13.2 Å². The van der Waals surface area contributed by atoms with E-state index in [1.807, 2.05) is 30.3 Å². The highest BCUT2D eigenvalue weighted by Crippen LogP contribution is 2.24. The van der Waals surface area contributed by atoms with Crippen molar-refractivity contribution in [1.82, 2.24) is 4.90 Å². The molecule has 0 aliphatic carbocycles. The molecule has 1 saturated heterocycles. The number of hydrogen-bond donors (Lipinski definition) is 1. The van der Waals surface area contributed by atoms with Gasteiger partial charge in [0.1, 0.15) is 0 Å². The number of hydrogen-bond acceptors (Lipinski definition) is 2. The lowest BCUT2D eigenvalue weighted by Gasteiger charge is -2.23. The normalized spacial score (nSPS) is 23.2. The number of amides is 1. The number of likely N-dealkylation sites (tertiary alicyclic amines) is 1. The van der Waals surface area contributed by atoms with Gasteiger partial charge in [0, 0.05) is 17.1 Å².